The molecule has 1 aliphatic heterocycles. The van der Waals surface area contributed by atoms with Gasteiger partial charge in [-0.3, -0.25) is 19.2 Å². The molecular weight excluding hydrogens is 476 g/mol. The SMILES string of the molecule is CC(=O)NC1C(OC(C)(C)CCOC(C)(C)CCN)OC(COC(C)=O)C(OC(C)=O)C1OC(C)=O. The fraction of sp³-hybridized carbons (Fsp3) is 0.833. The summed E-state index contributed by atoms with van der Waals surface area (Å²) < 4.78 is 34.2. The Morgan fingerprint density at radius 3 is 1.94 bits per heavy atom. The van der Waals surface area contributed by atoms with Gasteiger partial charge in [0.15, 0.2) is 18.5 Å². The van der Waals surface area contributed by atoms with Gasteiger partial charge in [0.1, 0.15) is 18.8 Å². The summed E-state index contributed by atoms with van der Waals surface area (Å²) in [6.45, 7) is 13.0. The summed E-state index contributed by atoms with van der Waals surface area (Å²) >= 11 is 0. The Kier molecular flexibility index (Phi) is 12.2. The second kappa shape index (κ2) is 13.9. The van der Waals surface area contributed by atoms with Crippen LogP contribution in [-0.4, -0.2) is 85.4 Å². The molecule has 12 nitrogen and oxygen atoms in total. The molecule has 0 spiro atoms. The first-order chi connectivity index (χ1) is 16.6. The second-order valence-electron chi connectivity index (χ2n) is 9.99. The highest BCUT2D eigenvalue weighted by molar-refractivity contribution is 5.73. The lowest BCUT2D eigenvalue weighted by molar-refractivity contribution is -0.301. The smallest absolute Gasteiger partial charge is 0.303 e. The highest BCUT2D eigenvalue weighted by atomic mass is 16.7. The zero-order valence-electron chi connectivity index (χ0n) is 22.6. The average molecular weight is 519 g/mol. The first kappa shape index (κ1) is 31.7. The van der Waals surface area contributed by atoms with Crippen LogP contribution in [0.15, 0.2) is 0 Å². The highest BCUT2D eigenvalue weighted by Gasteiger charge is 2.52. The van der Waals surface area contributed by atoms with Gasteiger partial charge >= 0.3 is 17.9 Å². The van der Waals surface area contributed by atoms with Crippen molar-refractivity contribution in [2.45, 2.75) is 110 Å². The fourth-order valence-electron chi connectivity index (χ4n) is 3.76. The van der Waals surface area contributed by atoms with E-state index < -0.39 is 65.7 Å². The van der Waals surface area contributed by atoms with Crippen molar-refractivity contribution in [1.82, 2.24) is 5.32 Å². The number of esters is 3. The van der Waals surface area contributed by atoms with E-state index in [1.54, 1.807) is 0 Å². The number of ether oxygens (including phenoxy) is 6. The fourth-order valence-corrected chi connectivity index (χ4v) is 3.76. The van der Waals surface area contributed by atoms with E-state index in [0.29, 0.717) is 26.0 Å². The number of carbonyl (C=O) groups excluding carboxylic acids is 4. The van der Waals surface area contributed by atoms with Gasteiger partial charge in [-0.2, -0.15) is 0 Å². The largest absolute Gasteiger partial charge is 0.463 e. The van der Waals surface area contributed by atoms with Gasteiger partial charge in [0.2, 0.25) is 5.91 Å². The van der Waals surface area contributed by atoms with Crippen LogP contribution >= 0.6 is 0 Å². The molecule has 0 saturated carbocycles. The number of amides is 1. The maximum atomic E-state index is 12.1. The van der Waals surface area contributed by atoms with E-state index in [9.17, 15) is 19.2 Å². The summed E-state index contributed by atoms with van der Waals surface area (Å²) in [6.07, 6.45) is -3.39. The van der Waals surface area contributed by atoms with Crippen molar-refractivity contribution in [2.75, 3.05) is 19.8 Å². The minimum atomic E-state index is -1.18. The van der Waals surface area contributed by atoms with Gasteiger partial charge in [-0.15, -0.1) is 0 Å². The number of nitrogens with one attached hydrogen (secondary N) is 1. The molecular formula is C24H42N2O10. The van der Waals surface area contributed by atoms with E-state index in [2.05, 4.69) is 5.32 Å². The Bertz CT molecular complexity index is 770. The van der Waals surface area contributed by atoms with Crippen LogP contribution in [0.3, 0.4) is 0 Å². The van der Waals surface area contributed by atoms with E-state index in [1.807, 2.05) is 27.7 Å². The lowest BCUT2D eigenvalue weighted by atomic mass is 9.95. The van der Waals surface area contributed by atoms with Crippen LogP contribution in [-0.2, 0) is 47.6 Å². The molecule has 5 unspecified atom stereocenters. The van der Waals surface area contributed by atoms with Crippen LogP contribution in [0.2, 0.25) is 0 Å². The number of carbonyl (C=O) groups is 4. The van der Waals surface area contributed by atoms with E-state index in [4.69, 9.17) is 34.2 Å². The van der Waals surface area contributed by atoms with Crippen molar-refractivity contribution in [2.24, 2.45) is 5.73 Å². The van der Waals surface area contributed by atoms with Gasteiger partial charge in [-0.1, -0.05) is 0 Å². The summed E-state index contributed by atoms with van der Waals surface area (Å²) in [6, 6.07) is -1.03. The van der Waals surface area contributed by atoms with E-state index in [1.165, 1.54) is 27.7 Å². The first-order valence-corrected chi connectivity index (χ1v) is 12.0. The van der Waals surface area contributed by atoms with Crippen molar-refractivity contribution >= 4 is 23.8 Å². The summed E-state index contributed by atoms with van der Waals surface area (Å²) in [5, 5.41) is 2.69. The summed E-state index contributed by atoms with van der Waals surface area (Å²) in [4.78, 5) is 47.3. The van der Waals surface area contributed by atoms with Gasteiger partial charge in [-0.05, 0) is 47.1 Å². The molecule has 36 heavy (non-hydrogen) atoms. The number of hydrogen-bond acceptors (Lipinski definition) is 11. The van der Waals surface area contributed by atoms with Crippen LogP contribution in [0.5, 0.6) is 0 Å². The molecule has 1 saturated heterocycles. The van der Waals surface area contributed by atoms with Crippen LogP contribution in [0, 0.1) is 0 Å². The maximum absolute atomic E-state index is 12.1. The van der Waals surface area contributed by atoms with E-state index in [-0.39, 0.29) is 6.61 Å². The molecule has 1 amide bonds. The van der Waals surface area contributed by atoms with Gasteiger partial charge in [0.05, 0.1) is 17.8 Å². The molecule has 0 radical (unpaired) electrons. The molecule has 1 heterocycles. The summed E-state index contributed by atoms with van der Waals surface area (Å²) in [5.41, 5.74) is 4.42. The molecule has 3 N–H and O–H groups in total. The van der Waals surface area contributed by atoms with Gasteiger partial charge in [0.25, 0.3) is 0 Å². The van der Waals surface area contributed by atoms with Gasteiger partial charge < -0.3 is 39.5 Å². The van der Waals surface area contributed by atoms with Crippen molar-refractivity contribution < 1.29 is 47.6 Å². The van der Waals surface area contributed by atoms with Crippen molar-refractivity contribution in [3.05, 3.63) is 0 Å². The third-order valence-electron chi connectivity index (χ3n) is 5.45. The van der Waals surface area contributed by atoms with Crippen molar-refractivity contribution in [3.8, 4) is 0 Å². The zero-order chi connectivity index (χ0) is 27.7. The molecule has 1 aliphatic rings. The quantitative estimate of drug-likeness (QED) is 0.264. The van der Waals surface area contributed by atoms with Crippen LogP contribution in [0.4, 0.5) is 0 Å². The normalized spacial score (nSPS) is 24.5. The molecule has 0 aromatic rings. The number of hydrogen-bond donors (Lipinski definition) is 2. The lowest BCUT2D eigenvalue weighted by Gasteiger charge is -2.46. The van der Waals surface area contributed by atoms with Gasteiger partial charge in [0, 0.05) is 27.7 Å². The Morgan fingerprint density at radius 1 is 0.861 bits per heavy atom. The highest BCUT2D eigenvalue weighted by Crippen LogP contribution is 2.31. The predicted octanol–water partition coefficient (Wildman–Crippen LogP) is 0.972. The monoisotopic (exact) mass is 518 g/mol. The molecule has 5 atom stereocenters. The average Bonchev–Trinajstić information content (AvgIpc) is 2.69. The lowest BCUT2D eigenvalue weighted by Crippen LogP contribution is -2.67. The molecule has 0 aromatic heterocycles. The molecule has 1 fully saturated rings. The Balaban J connectivity index is 3.23. The number of nitrogens with two attached hydrogens (primary N) is 1. The van der Waals surface area contributed by atoms with Crippen LogP contribution in [0.1, 0.15) is 68.2 Å². The number of rotatable bonds is 13. The second-order valence-corrected chi connectivity index (χ2v) is 9.99. The summed E-state index contributed by atoms with van der Waals surface area (Å²) in [7, 11) is 0. The topological polar surface area (TPSA) is 162 Å². The standard InChI is InChI=1S/C24H42N2O10/c1-14(27)26-19-21(34-17(4)30)20(33-16(3)29)18(13-31-15(2)28)35-22(19)36-24(7,8)10-12-32-23(5,6)9-11-25/h18-22H,9-13,25H2,1-8H3,(H,26,27). The van der Waals surface area contributed by atoms with Crippen molar-refractivity contribution in [1.29, 1.82) is 0 Å². The van der Waals surface area contributed by atoms with Gasteiger partial charge in [-0.25, -0.2) is 0 Å². The zero-order valence-corrected chi connectivity index (χ0v) is 22.6. The van der Waals surface area contributed by atoms with Crippen LogP contribution < -0.4 is 11.1 Å². The first-order valence-electron chi connectivity index (χ1n) is 12.0. The van der Waals surface area contributed by atoms with E-state index in [0.717, 1.165) is 0 Å². The maximum Gasteiger partial charge on any atom is 0.303 e. The molecule has 0 aliphatic carbocycles. The predicted molar refractivity (Wildman–Crippen MR) is 127 cm³/mol. The minimum absolute atomic E-state index is 0.297. The Labute approximate surface area is 212 Å². The minimum Gasteiger partial charge on any atom is -0.463 e. The summed E-state index contributed by atoms with van der Waals surface area (Å²) in [5.74, 6) is -2.37. The van der Waals surface area contributed by atoms with Crippen LogP contribution in [0.25, 0.3) is 0 Å². The third-order valence-corrected chi connectivity index (χ3v) is 5.45. The Hall–Kier alpha value is -2.28. The molecule has 0 bridgehead atoms. The molecule has 208 valence electrons. The molecule has 1 rings (SSSR count). The third kappa shape index (κ3) is 11.2. The molecule has 12 heteroatoms. The van der Waals surface area contributed by atoms with E-state index >= 15 is 0 Å². The van der Waals surface area contributed by atoms with Crippen molar-refractivity contribution in [3.63, 3.8) is 0 Å². The Morgan fingerprint density at radius 2 is 1.44 bits per heavy atom. The molecule has 0 aromatic carbocycles.